The third-order valence-electron chi connectivity index (χ3n) is 3.93. The van der Waals surface area contributed by atoms with Crippen molar-refractivity contribution in [2.75, 3.05) is 18.5 Å². The van der Waals surface area contributed by atoms with Gasteiger partial charge in [-0.2, -0.15) is 0 Å². The van der Waals surface area contributed by atoms with Gasteiger partial charge in [-0.3, -0.25) is 0 Å². The van der Waals surface area contributed by atoms with Crippen LogP contribution in [-0.2, 0) is 6.42 Å². The lowest BCUT2D eigenvalue weighted by Crippen LogP contribution is -2.22. The zero-order valence-corrected chi connectivity index (χ0v) is 10.8. The molecule has 1 atom stereocenters. The Morgan fingerprint density at radius 1 is 0.944 bits per heavy atom. The molecule has 0 bridgehead atoms. The number of anilines is 1. The van der Waals surface area contributed by atoms with Crippen molar-refractivity contribution < 1.29 is 0 Å². The molecule has 92 valence electrons. The van der Waals surface area contributed by atoms with Crippen LogP contribution in [0.1, 0.15) is 23.5 Å². The van der Waals surface area contributed by atoms with Crippen molar-refractivity contribution in [2.45, 2.75) is 18.8 Å². The Bertz CT molecular complexity index is 518. The minimum Gasteiger partial charge on any atom is -0.374 e. The van der Waals surface area contributed by atoms with Crippen LogP contribution < -0.4 is 4.90 Å². The largest absolute Gasteiger partial charge is 0.374 e. The summed E-state index contributed by atoms with van der Waals surface area (Å²) in [5.41, 5.74) is 4.35. The van der Waals surface area contributed by atoms with Gasteiger partial charge >= 0.3 is 0 Å². The zero-order chi connectivity index (χ0) is 12.4. The summed E-state index contributed by atoms with van der Waals surface area (Å²) in [6, 6.07) is 19.7. The number of hydrogen-bond donors (Lipinski definition) is 0. The van der Waals surface area contributed by atoms with E-state index in [2.05, 4.69) is 66.5 Å². The first-order valence-electron chi connectivity index (χ1n) is 6.68. The van der Waals surface area contributed by atoms with Gasteiger partial charge in [0, 0.05) is 25.2 Å². The molecule has 0 amide bonds. The third-order valence-corrected chi connectivity index (χ3v) is 3.93. The van der Waals surface area contributed by atoms with E-state index >= 15 is 0 Å². The number of aryl methyl sites for hydroxylation is 1. The molecule has 2 aromatic carbocycles. The summed E-state index contributed by atoms with van der Waals surface area (Å²) < 4.78 is 0. The average Bonchev–Trinajstić information content (AvgIpc) is 2.60. The van der Waals surface area contributed by atoms with Gasteiger partial charge in [0.15, 0.2) is 0 Å². The number of likely N-dealkylation sites (N-methyl/N-ethyl adjacent to an activating group) is 1. The second kappa shape index (κ2) is 4.85. The van der Waals surface area contributed by atoms with Crippen molar-refractivity contribution in [3.8, 4) is 0 Å². The quantitative estimate of drug-likeness (QED) is 0.728. The van der Waals surface area contributed by atoms with E-state index in [9.17, 15) is 0 Å². The highest BCUT2D eigenvalue weighted by molar-refractivity contribution is 5.54. The average molecular weight is 237 g/mol. The van der Waals surface area contributed by atoms with Crippen molar-refractivity contribution >= 4 is 5.69 Å². The topological polar surface area (TPSA) is 3.24 Å². The van der Waals surface area contributed by atoms with Gasteiger partial charge in [-0.25, -0.2) is 0 Å². The summed E-state index contributed by atoms with van der Waals surface area (Å²) in [4.78, 5) is 2.40. The first-order valence-corrected chi connectivity index (χ1v) is 6.68. The van der Waals surface area contributed by atoms with Gasteiger partial charge in [0.1, 0.15) is 0 Å². The molecule has 1 aliphatic rings. The van der Waals surface area contributed by atoms with Crippen molar-refractivity contribution in [2.24, 2.45) is 0 Å². The van der Waals surface area contributed by atoms with Crippen LogP contribution in [0.5, 0.6) is 0 Å². The molecule has 0 fully saturated rings. The zero-order valence-electron chi connectivity index (χ0n) is 10.8. The molecule has 0 N–H and O–H groups in total. The van der Waals surface area contributed by atoms with Gasteiger partial charge in [0.2, 0.25) is 0 Å². The van der Waals surface area contributed by atoms with E-state index in [1.165, 1.54) is 29.7 Å². The van der Waals surface area contributed by atoms with Crippen LogP contribution in [0.3, 0.4) is 0 Å². The molecule has 2 aromatic rings. The van der Waals surface area contributed by atoms with Gasteiger partial charge in [-0.15, -0.1) is 0 Å². The fourth-order valence-electron chi connectivity index (χ4n) is 2.94. The van der Waals surface area contributed by atoms with E-state index in [0.29, 0.717) is 5.92 Å². The number of nitrogens with zero attached hydrogens (tertiary/aromatic N) is 1. The predicted octanol–water partition coefficient (Wildman–Crippen LogP) is 3.85. The normalized spacial score (nSPS) is 19.2. The monoisotopic (exact) mass is 237 g/mol. The highest BCUT2D eigenvalue weighted by Gasteiger charge is 2.20. The standard InChI is InChI=1S/C17H19N/c1-18-13-16(14-7-3-2-4-8-14)12-11-15-9-5-6-10-17(15)18/h2-10,16H,11-13H2,1H3/t16-/m0/s1. The van der Waals surface area contributed by atoms with Crippen LogP contribution in [0.25, 0.3) is 0 Å². The molecule has 1 aliphatic heterocycles. The van der Waals surface area contributed by atoms with Crippen molar-refractivity contribution in [3.63, 3.8) is 0 Å². The number of para-hydroxylation sites is 1. The van der Waals surface area contributed by atoms with E-state index < -0.39 is 0 Å². The maximum absolute atomic E-state index is 2.40. The van der Waals surface area contributed by atoms with E-state index in [1.807, 2.05) is 0 Å². The lowest BCUT2D eigenvalue weighted by molar-refractivity contribution is 0.637. The van der Waals surface area contributed by atoms with Crippen LogP contribution in [0, 0.1) is 0 Å². The molecule has 1 heterocycles. The van der Waals surface area contributed by atoms with Crippen LogP contribution in [0.15, 0.2) is 54.6 Å². The van der Waals surface area contributed by atoms with E-state index in [1.54, 1.807) is 0 Å². The summed E-state index contributed by atoms with van der Waals surface area (Å²) >= 11 is 0. The first kappa shape index (κ1) is 11.3. The molecule has 0 aliphatic carbocycles. The Hall–Kier alpha value is -1.76. The number of fused-ring (bicyclic) bond motifs is 1. The molecule has 3 rings (SSSR count). The first-order chi connectivity index (χ1) is 8.84. The van der Waals surface area contributed by atoms with Crippen LogP contribution in [0.4, 0.5) is 5.69 Å². The number of hydrogen-bond acceptors (Lipinski definition) is 1. The van der Waals surface area contributed by atoms with Gasteiger partial charge < -0.3 is 4.90 Å². The van der Waals surface area contributed by atoms with E-state index in [0.717, 1.165) is 6.54 Å². The molecule has 1 nitrogen and oxygen atoms in total. The molecule has 0 spiro atoms. The Labute approximate surface area is 109 Å². The van der Waals surface area contributed by atoms with Gasteiger partial charge in [0.05, 0.1) is 0 Å². The van der Waals surface area contributed by atoms with Crippen LogP contribution in [-0.4, -0.2) is 13.6 Å². The summed E-state index contributed by atoms with van der Waals surface area (Å²) in [6.07, 6.45) is 2.42. The SMILES string of the molecule is CN1C[C@@H](c2ccccc2)CCc2ccccc21. The molecule has 0 radical (unpaired) electrons. The van der Waals surface area contributed by atoms with Crippen molar-refractivity contribution in [1.29, 1.82) is 0 Å². The second-order valence-electron chi connectivity index (χ2n) is 5.16. The maximum Gasteiger partial charge on any atom is 0.0396 e. The maximum atomic E-state index is 2.40. The second-order valence-corrected chi connectivity index (χ2v) is 5.16. The smallest absolute Gasteiger partial charge is 0.0396 e. The minimum absolute atomic E-state index is 0.642. The summed E-state index contributed by atoms with van der Waals surface area (Å²) in [5, 5.41) is 0. The fraction of sp³-hybridized carbons (Fsp3) is 0.294. The van der Waals surface area contributed by atoms with E-state index in [-0.39, 0.29) is 0 Å². The Morgan fingerprint density at radius 3 is 2.50 bits per heavy atom. The molecular weight excluding hydrogens is 218 g/mol. The van der Waals surface area contributed by atoms with Crippen molar-refractivity contribution in [1.82, 2.24) is 0 Å². The van der Waals surface area contributed by atoms with Gasteiger partial charge in [0.25, 0.3) is 0 Å². The van der Waals surface area contributed by atoms with Crippen molar-refractivity contribution in [3.05, 3.63) is 65.7 Å². The lowest BCUT2D eigenvalue weighted by Gasteiger charge is -2.23. The summed E-state index contributed by atoms with van der Waals surface area (Å²) in [6.45, 7) is 1.11. The Morgan fingerprint density at radius 2 is 1.67 bits per heavy atom. The van der Waals surface area contributed by atoms with Crippen LogP contribution in [0.2, 0.25) is 0 Å². The van der Waals surface area contributed by atoms with Crippen LogP contribution >= 0.6 is 0 Å². The van der Waals surface area contributed by atoms with E-state index in [4.69, 9.17) is 0 Å². The molecule has 1 heteroatoms. The highest BCUT2D eigenvalue weighted by atomic mass is 15.1. The predicted molar refractivity (Wildman–Crippen MR) is 77.2 cm³/mol. The molecule has 0 saturated heterocycles. The fourth-order valence-corrected chi connectivity index (χ4v) is 2.94. The molecule has 0 unspecified atom stereocenters. The minimum atomic E-state index is 0.642. The molecule has 0 saturated carbocycles. The molecule has 18 heavy (non-hydrogen) atoms. The highest BCUT2D eigenvalue weighted by Crippen LogP contribution is 2.31. The number of rotatable bonds is 1. The summed E-state index contributed by atoms with van der Waals surface area (Å²) in [7, 11) is 2.21. The van der Waals surface area contributed by atoms with Gasteiger partial charge in [-0.05, 0) is 30.0 Å². The molecular formula is C17H19N. The Balaban J connectivity index is 1.89. The molecule has 0 aromatic heterocycles. The summed E-state index contributed by atoms with van der Waals surface area (Å²) in [5.74, 6) is 0.642. The van der Waals surface area contributed by atoms with Gasteiger partial charge in [-0.1, -0.05) is 48.5 Å². The Kier molecular flexibility index (Phi) is 3.06. The number of benzene rings is 2. The third kappa shape index (κ3) is 2.13. The lowest BCUT2D eigenvalue weighted by atomic mass is 9.93.